The van der Waals surface area contributed by atoms with Gasteiger partial charge in [-0.2, -0.15) is 13.2 Å². The Kier molecular flexibility index (Phi) is 7.15. The van der Waals surface area contributed by atoms with Crippen LogP contribution in [0.1, 0.15) is 21.6 Å². The molecule has 1 aromatic carbocycles. The minimum atomic E-state index is -4.38. The van der Waals surface area contributed by atoms with Crippen LogP contribution in [0, 0.1) is 0 Å². The molecule has 3 aromatic rings. The summed E-state index contributed by atoms with van der Waals surface area (Å²) in [6.45, 7) is 4.07. The van der Waals surface area contributed by atoms with Crippen LogP contribution >= 0.6 is 0 Å². The Morgan fingerprint density at radius 2 is 1.74 bits per heavy atom. The molecule has 11 heteroatoms. The number of piperazine rings is 1. The standard InChI is InChI=1S/C24H26F3N7O/c1-32-9-11-34(12-10-32)21-8-7-19(14-28-21)31-23(35)20-13-22(30-16-29-20)33(2)15-17-3-5-18(6-4-17)24(25,26)27/h3-8,13-14,16H,9-12,15H2,1-2H3,(H,31,35). The summed E-state index contributed by atoms with van der Waals surface area (Å²) in [5, 5.41) is 2.79. The SMILES string of the molecule is CN1CCN(c2ccc(NC(=O)c3cc(N(C)Cc4ccc(C(F)(F)F)cc4)ncn3)cn2)CC1. The molecule has 1 saturated heterocycles. The predicted molar refractivity (Wildman–Crippen MR) is 127 cm³/mol. The van der Waals surface area contributed by atoms with Crippen LogP contribution in [-0.4, -0.2) is 66.0 Å². The molecule has 0 atom stereocenters. The summed E-state index contributed by atoms with van der Waals surface area (Å²) < 4.78 is 38.3. The van der Waals surface area contributed by atoms with E-state index in [9.17, 15) is 18.0 Å². The Labute approximate surface area is 201 Å². The van der Waals surface area contributed by atoms with Gasteiger partial charge in [0.05, 0.1) is 17.4 Å². The van der Waals surface area contributed by atoms with Gasteiger partial charge in [0.15, 0.2) is 0 Å². The highest BCUT2D eigenvalue weighted by atomic mass is 19.4. The van der Waals surface area contributed by atoms with Gasteiger partial charge in [-0.3, -0.25) is 4.79 Å². The van der Waals surface area contributed by atoms with Crippen LogP contribution in [-0.2, 0) is 12.7 Å². The number of rotatable bonds is 6. The lowest BCUT2D eigenvalue weighted by Gasteiger charge is -2.33. The molecule has 35 heavy (non-hydrogen) atoms. The summed E-state index contributed by atoms with van der Waals surface area (Å²) in [6, 6.07) is 10.2. The van der Waals surface area contributed by atoms with Crippen LogP contribution in [0.2, 0.25) is 0 Å². The van der Waals surface area contributed by atoms with Crippen molar-refractivity contribution in [2.45, 2.75) is 12.7 Å². The van der Waals surface area contributed by atoms with Crippen LogP contribution in [0.25, 0.3) is 0 Å². The van der Waals surface area contributed by atoms with E-state index in [2.05, 4.69) is 37.1 Å². The second-order valence-corrected chi connectivity index (χ2v) is 8.46. The number of carbonyl (C=O) groups is 1. The number of halogens is 3. The second-order valence-electron chi connectivity index (χ2n) is 8.46. The molecule has 1 amide bonds. The van der Waals surface area contributed by atoms with Gasteiger partial charge in [-0.15, -0.1) is 0 Å². The zero-order chi connectivity index (χ0) is 25.0. The summed E-state index contributed by atoms with van der Waals surface area (Å²) in [6.07, 6.45) is -1.48. The molecule has 0 spiro atoms. The number of hydrogen-bond acceptors (Lipinski definition) is 7. The third-order valence-electron chi connectivity index (χ3n) is 5.81. The smallest absolute Gasteiger partial charge is 0.355 e. The lowest BCUT2D eigenvalue weighted by molar-refractivity contribution is -0.137. The number of nitrogens with zero attached hydrogens (tertiary/aromatic N) is 6. The maximum absolute atomic E-state index is 12.8. The van der Waals surface area contributed by atoms with E-state index >= 15 is 0 Å². The third kappa shape index (κ3) is 6.24. The summed E-state index contributed by atoms with van der Waals surface area (Å²) in [5.74, 6) is 0.921. The summed E-state index contributed by atoms with van der Waals surface area (Å²) >= 11 is 0. The van der Waals surface area contributed by atoms with E-state index in [1.54, 1.807) is 24.2 Å². The molecule has 4 rings (SSSR count). The minimum Gasteiger partial charge on any atom is -0.355 e. The van der Waals surface area contributed by atoms with E-state index in [-0.39, 0.29) is 5.69 Å². The van der Waals surface area contributed by atoms with Crippen molar-refractivity contribution < 1.29 is 18.0 Å². The number of amides is 1. The summed E-state index contributed by atoms with van der Waals surface area (Å²) in [5.41, 5.74) is 0.691. The lowest BCUT2D eigenvalue weighted by atomic mass is 10.1. The number of anilines is 3. The molecular weight excluding hydrogens is 459 g/mol. The molecule has 0 bridgehead atoms. The molecular formula is C24H26F3N7O. The Morgan fingerprint density at radius 1 is 1.03 bits per heavy atom. The number of aromatic nitrogens is 3. The van der Waals surface area contributed by atoms with Crippen molar-refractivity contribution in [1.82, 2.24) is 19.9 Å². The van der Waals surface area contributed by atoms with Gasteiger partial charge in [-0.1, -0.05) is 12.1 Å². The fraction of sp³-hybridized carbons (Fsp3) is 0.333. The van der Waals surface area contributed by atoms with Gasteiger partial charge in [-0.25, -0.2) is 15.0 Å². The first-order chi connectivity index (χ1) is 16.7. The number of nitrogens with one attached hydrogen (secondary N) is 1. The van der Waals surface area contributed by atoms with Crippen molar-refractivity contribution in [3.8, 4) is 0 Å². The molecule has 2 aromatic heterocycles. The molecule has 8 nitrogen and oxygen atoms in total. The fourth-order valence-corrected chi connectivity index (χ4v) is 3.71. The van der Waals surface area contributed by atoms with E-state index in [1.165, 1.54) is 24.5 Å². The molecule has 1 aliphatic heterocycles. The third-order valence-corrected chi connectivity index (χ3v) is 5.81. The first-order valence-corrected chi connectivity index (χ1v) is 11.1. The van der Waals surface area contributed by atoms with Crippen LogP contribution in [0.15, 0.2) is 55.0 Å². The maximum Gasteiger partial charge on any atom is 0.416 e. The van der Waals surface area contributed by atoms with E-state index in [1.807, 2.05) is 6.07 Å². The van der Waals surface area contributed by atoms with Crippen molar-refractivity contribution >= 4 is 23.2 Å². The highest BCUT2D eigenvalue weighted by Gasteiger charge is 2.30. The highest BCUT2D eigenvalue weighted by Crippen LogP contribution is 2.29. The lowest BCUT2D eigenvalue weighted by Crippen LogP contribution is -2.44. The summed E-state index contributed by atoms with van der Waals surface area (Å²) in [7, 11) is 3.83. The zero-order valence-corrected chi connectivity index (χ0v) is 19.5. The van der Waals surface area contributed by atoms with Gasteiger partial charge < -0.3 is 20.0 Å². The second kappa shape index (κ2) is 10.3. The molecule has 1 fully saturated rings. The van der Waals surface area contributed by atoms with Crippen molar-refractivity contribution in [2.75, 3.05) is 55.4 Å². The quantitative estimate of drug-likeness (QED) is 0.572. The number of benzene rings is 1. The topological polar surface area (TPSA) is 77.5 Å². The zero-order valence-electron chi connectivity index (χ0n) is 19.5. The Hall–Kier alpha value is -3.73. The Morgan fingerprint density at radius 3 is 2.37 bits per heavy atom. The normalized spacial score (nSPS) is 14.6. The first kappa shape index (κ1) is 24.4. The van der Waals surface area contributed by atoms with Gasteiger partial charge in [0, 0.05) is 45.8 Å². The fourth-order valence-electron chi connectivity index (χ4n) is 3.71. The monoisotopic (exact) mass is 485 g/mol. The molecule has 3 heterocycles. The Bertz CT molecular complexity index is 1150. The molecule has 0 unspecified atom stereocenters. The van der Waals surface area contributed by atoms with Gasteiger partial charge >= 0.3 is 6.18 Å². The molecule has 1 aliphatic rings. The van der Waals surface area contributed by atoms with Crippen molar-refractivity contribution in [3.63, 3.8) is 0 Å². The maximum atomic E-state index is 12.8. The van der Waals surface area contributed by atoms with Crippen LogP contribution < -0.4 is 15.1 Å². The average molecular weight is 486 g/mol. The number of carbonyl (C=O) groups excluding carboxylic acids is 1. The molecule has 184 valence electrons. The van der Waals surface area contributed by atoms with Crippen molar-refractivity contribution in [2.24, 2.45) is 0 Å². The van der Waals surface area contributed by atoms with Gasteiger partial charge in [0.2, 0.25) is 0 Å². The largest absolute Gasteiger partial charge is 0.416 e. The predicted octanol–water partition coefficient (Wildman–Crippen LogP) is 3.53. The molecule has 0 radical (unpaired) electrons. The molecule has 0 aliphatic carbocycles. The Balaban J connectivity index is 1.37. The molecule has 0 saturated carbocycles. The summed E-state index contributed by atoms with van der Waals surface area (Å²) in [4.78, 5) is 31.6. The van der Waals surface area contributed by atoms with Crippen molar-refractivity contribution in [3.05, 3.63) is 71.8 Å². The van der Waals surface area contributed by atoms with Crippen LogP contribution in [0.4, 0.5) is 30.5 Å². The number of alkyl halides is 3. The van der Waals surface area contributed by atoms with Crippen molar-refractivity contribution in [1.29, 1.82) is 0 Å². The number of pyridine rings is 1. The van der Waals surface area contributed by atoms with Crippen LogP contribution in [0.3, 0.4) is 0 Å². The number of hydrogen-bond donors (Lipinski definition) is 1. The van der Waals surface area contributed by atoms with E-state index in [0.717, 1.165) is 44.1 Å². The molecule has 1 N–H and O–H groups in total. The van der Waals surface area contributed by atoms with Gasteiger partial charge in [-0.05, 0) is 36.9 Å². The van der Waals surface area contributed by atoms with Crippen LogP contribution in [0.5, 0.6) is 0 Å². The van der Waals surface area contributed by atoms with E-state index in [4.69, 9.17) is 0 Å². The van der Waals surface area contributed by atoms with E-state index < -0.39 is 17.6 Å². The average Bonchev–Trinajstić information content (AvgIpc) is 2.85. The first-order valence-electron chi connectivity index (χ1n) is 11.1. The van der Waals surface area contributed by atoms with Gasteiger partial charge in [0.1, 0.15) is 23.7 Å². The van der Waals surface area contributed by atoms with E-state index in [0.29, 0.717) is 23.6 Å². The van der Waals surface area contributed by atoms with Gasteiger partial charge in [0.25, 0.3) is 5.91 Å². The minimum absolute atomic E-state index is 0.164. The number of likely N-dealkylation sites (N-methyl/N-ethyl adjacent to an activating group) is 1. The highest BCUT2D eigenvalue weighted by molar-refractivity contribution is 6.03.